The predicted octanol–water partition coefficient (Wildman–Crippen LogP) is 3.57. The first-order valence-electron chi connectivity index (χ1n) is 8.25. The SMILES string of the molecule is CC.CCN1CCC(F)(CN2CCC[C@H](C)C2)CC1. The summed E-state index contributed by atoms with van der Waals surface area (Å²) in [6.45, 7) is 14.3. The van der Waals surface area contributed by atoms with Crippen LogP contribution in [0.5, 0.6) is 0 Å². The van der Waals surface area contributed by atoms with Crippen molar-refractivity contribution < 1.29 is 4.39 Å². The third-order valence-corrected chi connectivity index (χ3v) is 4.45. The summed E-state index contributed by atoms with van der Waals surface area (Å²) >= 11 is 0. The Bertz CT molecular complexity index is 237. The van der Waals surface area contributed by atoms with Gasteiger partial charge in [0.25, 0.3) is 0 Å². The lowest BCUT2D eigenvalue weighted by molar-refractivity contribution is 0.0151. The number of nitrogens with zero attached hydrogens (tertiary/aromatic N) is 2. The van der Waals surface area contributed by atoms with Crippen LogP contribution in [0.25, 0.3) is 0 Å². The highest BCUT2D eigenvalue weighted by Crippen LogP contribution is 2.29. The van der Waals surface area contributed by atoms with Gasteiger partial charge in [-0.05, 0) is 44.7 Å². The molecule has 0 N–H and O–H groups in total. The largest absolute Gasteiger partial charge is 0.303 e. The summed E-state index contributed by atoms with van der Waals surface area (Å²) < 4.78 is 14.7. The minimum absolute atomic E-state index is 0.675. The Labute approximate surface area is 119 Å². The fraction of sp³-hybridized carbons (Fsp3) is 1.00. The summed E-state index contributed by atoms with van der Waals surface area (Å²) in [6.07, 6.45) is 4.02. The fourth-order valence-corrected chi connectivity index (χ4v) is 3.26. The van der Waals surface area contributed by atoms with Gasteiger partial charge in [-0.3, -0.25) is 4.90 Å². The van der Waals surface area contributed by atoms with Crippen molar-refractivity contribution in [1.82, 2.24) is 9.80 Å². The molecule has 0 bridgehead atoms. The van der Waals surface area contributed by atoms with E-state index >= 15 is 0 Å². The first-order valence-corrected chi connectivity index (χ1v) is 8.25. The molecule has 2 rings (SSSR count). The van der Waals surface area contributed by atoms with E-state index in [9.17, 15) is 4.39 Å². The minimum atomic E-state index is -0.914. The van der Waals surface area contributed by atoms with Gasteiger partial charge in [-0.1, -0.05) is 27.7 Å². The summed E-state index contributed by atoms with van der Waals surface area (Å²) in [4.78, 5) is 4.71. The molecule has 2 nitrogen and oxygen atoms in total. The summed E-state index contributed by atoms with van der Waals surface area (Å²) in [7, 11) is 0. The van der Waals surface area contributed by atoms with E-state index in [0.29, 0.717) is 6.54 Å². The first kappa shape index (κ1) is 16.9. The second-order valence-corrected chi connectivity index (χ2v) is 6.07. The molecule has 2 saturated heterocycles. The molecule has 0 aromatic heterocycles. The number of piperidine rings is 2. The van der Waals surface area contributed by atoms with E-state index in [1.54, 1.807) is 0 Å². The van der Waals surface area contributed by atoms with Crippen molar-refractivity contribution >= 4 is 0 Å². The minimum Gasteiger partial charge on any atom is -0.303 e. The smallest absolute Gasteiger partial charge is 0.126 e. The fourth-order valence-electron chi connectivity index (χ4n) is 3.26. The Morgan fingerprint density at radius 3 is 2.26 bits per heavy atom. The average molecular weight is 272 g/mol. The summed E-state index contributed by atoms with van der Waals surface area (Å²) in [5.41, 5.74) is -0.914. The van der Waals surface area contributed by atoms with Gasteiger partial charge in [0.05, 0.1) is 0 Å². The molecule has 114 valence electrons. The molecular weight excluding hydrogens is 239 g/mol. The van der Waals surface area contributed by atoms with Gasteiger partial charge in [0, 0.05) is 26.2 Å². The van der Waals surface area contributed by atoms with Gasteiger partial charge in [-0.15, -0.1) is 0 Å². The molecule has 1 atom stereocenters. The zero-order valence-electron chi connectivity index (χ0n) is 13.4. The molecule has 0 radical (unpaired) electrons. The molecular formula is C16H33FN2. The van der Waals surface area contributed by atoms with Crippen molar-refractivity contribution in [2.75, 3.05) is 39.3 Å². The molecule has 0 unspecified atom stereocenters. The van der Waals surface area contributed by atoms with Crippen LogP contribution in [0.15, 0.2) is 0 Å². The lowest BCUT2D eigenvalue weighted by Gasteiger charge is -2.41. The van der Waals surface area contributed by atoms with Crippen LogP contribution in [0, 0.1) is 5.92 Å². The molecule has 0 saturated carbocycles. The van der Waals surface area contributed by atoms with E-state index in [0.717, 1.165) is 51.5 Å². The maximum atomic E-state index is 14.7. The number of hydrogen-bond donors (Lipinski definition) is 0. The van der Waals surface area contributed by atoms with Crippen molar-refractivity contribution in [3.8, 4) is 0 Å². The van der Waals surface area contributed by atoms with E-state index in [4.69, 9.17) is 0 Å². The molecule has 2 aliphatic heterocycles. The number of likely N-dealkylation sites (tertiary alicyclic amines) is 2. The molecule has 2 aliphatic rings. The number of rotatable bonds is 3. The van der Waals surface area contributed by atoms with Gasteiger partial charge in [0.1, 0.15) is 5.67 Å². The number of alkyl halides is 1. The lowest BCUT2D eigenvalue weighted by Crippen LogP contribution is -2.50. The van der Waals surface area contributed by atoms with Gasteiger partial charge in [0.15, 0.2) is 0 Å². The van der Waals surface area contributed by atoms with Gasteiger partial charge in [-0.25, -0.2) is 4.39 Å². The molecule has 2 fully saturated rings. The van der Waals surface area contributed by atoms with Crippen LogP contribution < -0.4 is 0 Å². The zero-order valence-corrected chi connectivity index (χ0v) is 13.4. The molecule has 0 spiro atoms. The molecule has 0 aromatic carbocycles. The second-order valence-electron chi connectivity index (χ2n) is 6.07. The number of halogens is 1. The Balaban J connectivity index is 0.000000861. The van der Waals surface area contributed by atoms with Crippen LogP contribution in [0.2, 0.25) is 0 Å². The highest BCUT2D eigenvalue weighted by atomic mass is 19.1. The molecule has 0 aromatic rings. The molecule has 3 heteroatoms. The van der Waals surface area contributed by atoms with Crippen molar-refractivity contribution in [2.24, 2.45) is 5.92 Å². The van der Waals surface area contributed by atoms with Crippen LogP contribution >= 0.6 is 0 Å². The Morgan fingerprint density at radius 1 is 1.11 bits per heavy atom. The van der Waals surface area contributed by atoms with Crippen LogP contribution in [-0.4, -0.2) is 54.7 Å². The van der Waals surface area contributed by atoms with E-state index in [2.05, 4.69) is 23.6 Å². The van der Waals surface area contributed by atoms with Gasteiger partial charge >= 0.3 is 0 Å². The lowest BCUT2D eigenvalue weighted by atomic mass is 9.91. The van der Waals surface area contributed by atoms with Crippen molar-refractivity contribution in [2.45, 2.75) is 59.0 Å². The maximum Gasteiger partial charge on any atom is 0.126 e. The Morgan fingerprint density at radius 2 is 1.74 bits per heavy atom. The first-order chi connectivity index (χ1) is 9.11. The summed E-state index contributed by atoms with van der Waals surface area (Å²) in [5, 5.41) is 0. The van der Waals surface area contributed by atoms with Crippen LogP contribution in [-0.2, 0) is 0 Å². The van der Waals surface area contributed by atoms with Crippen LogP contribution in [0.1, 0.15) is 53.4 Å². The topological polar surface area (TPSA) is 6.48 Å². The molecule has 19 heavy (non-hydrogen) atoms. The molecule has 0 amide bonds. The van der Waals surface area contributed by atoms with Crippen LogP contribution in [0.3, 0.4) is 0 Å². The Kier molecular flexibility index (Phi) is 7.30. The van der Waals surface area contributed by atoms with Crippen molar-refractivity contribution in [3.05, 3.63) is 0 Å². The van der Waals surface area contributed by atoms with E-state index < -0.39 is 5.67 Å². The monoisotopic (exact) mass is 272 g/mol. The third kappa shape index (κ3) is 5.39. The van der Waals surface area contributed by atoms with Crippen molar-refractivity contribution in [1.29, 1.82) is 0 Å². The zero-order chi connectivity index (χ0) is 14.3. The predicted molar refractivity (Wildman–Crippen MR) is 81.4 cm³/mol. The number of hydrogen-bond acceptors (Lipinski definition) is 2. The highest BCUT2D eigenvalue weighted by molar-refractivity contribution is 4.90. The van der Waals surface area contributed by atoms with Crippen molar-refractivity contribution in [3.63, 3.8) is 0 Å². The quantitative estimate of drug-likeness (QED) is 0.775. The molecule has 2 heterocycles. The Hall–Kier alpha value is -0.150. The maximum absolute atomic E-state index is 14.7. The van der Waals surface area contributed by atoms with E-state index in [-0.39, 0.29) is 0 Å². The summed E-state index contributed by atoms with van der Waals surface area (Å²) in [5.74, 6) is 0.753. The van der Waals surface area contributed by atoms with Crippen LogP contribution in [0.4, 0.5) is 4.39 Å². The summed E-state index contributed by atoms with van der Waals surface area (Å²) in [6, 6.07) is 0. The van der Waals surface area contributed by atoms with Gasteiger partial charge in [-0.2, -0.15) is 0 Å². The molecule has 0 aliphatic carbocycles. The average Bonchev–Trinajstić information content (AvgIpc) is 2.41. The van der Waals surface area contributed by atoms with Gasteiger partial charge < -0.3 is 4.90 Å². The van der Waals surface area contributed by atoms with Gasteiger partial charge in [0.2, 0.25) is 0 Å². The second kappa shape index (κ2) is 8.21. The normalized spacial score (nSPS) is 28.6. The van der Waals surface area contributed by atoms with E-state index in [1.807, 2.05) is 13.8 Å². The highest BCUT2D eigenvalue weighted by Gasteiger charge is 2.36. The standard InChI is InChI=1S/C14H27FN2.C2H6/c1-3-16-9-6-14(15,7-10-16)12-17-8-4-5-13(2)11-17;1-2/h13H,3-12H2,1-2H3;1-2H3/t13-;/m0./s1. The third-order valence-electron chi connectivity index (χ3n) is 4.45. The van der Waals surface area contributed by atoms with E-state index in [1.165, 1.54) is 12.8 Å².